The van der Waals surface area contributed by atoms with Gasteiger partial charge in [-0.3, -0.25) is 4.79 Å². The summed E-state index contributed by atoms with van der Waals surface area (Å²) in [5.74, 6) is -4.33. The summed E-state index contributed by atoms with van der Waals surface area (Å²) in [6, 6.07) is 4.42. The van der Waals surface area contributed by atoms with Crippen LogP contribution in [0.1, 0.15) is 16.1 Å². The van der Waals surface area contributed by atoms with Crippen molar-refractivity contribution in [2.45, 2.75) is 18.8 Å². The molecule has 140 valence electrons. The summed E-state index contributed by atoms with van der Waals surface area (Å²) in [6.45, 7) is 1.53. The summed E-state index contributed by atoms with van der Waals surface area (Å²) >= 11 is 0.791. The molecule has 0 spiro atoms. The number of rotatable bonds is 5. The molecular formula is C15H13F4N3O3S. The Kier molecular flexibility index (Phi) is 5.50. The number of aryl methyl sites for hydroxylation is 1. The summed E-state index contributed by atoms with van der Waals surface area (Å²) < 4.78 is 59.3. The number of alkyl halides is 3. The minimum absolute atomic E-state index is 0.279. The van der Waals surface area contributed by atoms with Crippen LogP contribution in [0, 0.1) is 12.7 Å². The van der Waals surface area contributed by atoms with E-state index in [0.29, 0.717) is 5.69 Å². The highest BCUT2D eigenvalue weighted by atomic mass is 32.1. The van der Waals surface area contributed by atoms with Crippen LogP contribution in [0.4, 0.5) is 22.7 Å². The van der Waals surface area contributed by atoms with Crippen molar-refractivity contribution < 1.29 is 31.9 Å². The molecule has 0 radical (unpaired) electrons. The van der Waals surface area contributed by atoms with E-state index in [0.717, 1.165) is 30.6 Å². The smallest absolute Gasteiger partial charge is 0.442 e. The van der Waals surface area contributed by atoms with Crippen molar-refractivity contribution in [3.63, 3.8) is 0 Å². The zero-order chi connectivity index (χ0) is 19.5. The fourth-order valence-electron chi connectivity index (χ4n) is 2.00. The Morgan fingerprint density at radius 2 is 1.88 bits per heavy atom. The van der Waals surface area contributed by atoms with E-state index in [1.165, 1.54) is 29.8 Å². The van der Waals surface area contributed by atoms with E-state index in [1.807, 2.05) is 5.32 Å². The van der Waals surface area contributed by atoms with E-state index >= 15 is 0 Å². The van der Waals surface area contributed by atoms with Gasteiger partial charge in [0, 0.05) is 5.38 Å². The van der Waals surface area contributed by atoms with Gasteiger partial charge in [-0.2, -0.15) is 13.2 Å². The minimum Gasteiger partial charge on any atom is -0.466 e. The molecule has 2 N–H and O–H groups in total. The van der Waals surface area contributed by atoms with E-state index in [2.05, 4.69) is 9.72 Å². The quantitative estimate of drug-likeness (QED) is 0.466. The molecule has 1 atom stereocenters. The molecule has 1 unspecified atom stereocenters. The van der Waals surface area contributed by atoms with Crippen LogP contribution in [-0.4, -0.2) is 35.8 Å². The maximum absolute atomic E-state index is 13.8. The van der Waals surface area contributed by atoms with Crippen LogP contribution in [0.25, 0.3) is 0 Å². The zero-order valence-electron chi connectivity index (χ0n) is 13.5. The standard InChI is InChI=1S/C15H13F4N3O3S/c1-8-7-26-13(20-8)22-14(12(24)25-2,15(17,18)19)21-11(23)9-5-3-4-6-10(9)16/h3-7H,1-2H3,(H,20,22)(H,21,23). The summed E-state index contributed by atoms with van der Waals surface area (Å²) in [5, 5.41) is 4.56. The number of anilines is 1. The molecule has 1 aromatic heterocycles. The van der Waals surface area contributed by atoms with Crippen molar-refractivity contribution in [2.75, 3.05) is 12.4 Å². The van der Waals surface area contributed by atoms with Gasteiger partial charge >= 0.3 is 17.8 Å². The fraction of sp³-hybridized carbons (Fsp3) is 0.267. The Labute approximate surface area is 149 Å². The summed E-state index contributed by atoms with van der Waals surface area (Å²) in [5.41, 5.74) is -3.91. The van der Waals surface area contributed by atoms with E-state index in [1.54, 1.807) is 0 Å². The van der Waals surface area contributed by atoms with Gasteiger partial charge in [-0.05, 0) is 19.1 Å². The number of ether oxygens (including phenoxy) is 1. The average Bonchev–Trinajstić information content (AvgIpc) is 2.97. The van der Waals surface area contributed by atoms with Gasteiger partial charge < -0.3 is 15.4 Å². The average molecular weight is 391 g/mol. The van der Waals surface area contributed by atoms with Crippen molar-refractivity contribution in [2.24, 2.45) is 0 Å². The molecule has 0 aliphatic carbocycles. The molecule has 6 nitrogen and oxygen atoms in total. The second-order valence-electron chi connectivity index (χ2n) is 5.09. The largest absolute Gasteiger partial charge is 0.466 e. The molecule has 0 saturated heterocycles. The molecule has 2 rings (SSSR count). The maximum atomic E-state index is 13.8. The Morgan fingerprint density at radius 1 is 1.23 bits per heavy atom. The second-order valence-corrected chi connectivity index (χ2v) is 5.95. The lowest BCUT2D eigenvalue weighted by atomic mass is 10.1. The third-order valence-electron chi connectivity index (χ3n) is 3.25. The third-order valence-corrected chi connectivity index (χ3v) is 4.13. The molecule has 0 aliphatic rings. The van der Waals surface area contributed by atoms with Gasteiger partial charge in [0.2, 0.25) is 0 Å². The molecule has 0 saturated carbocycles. The molecular weight excluding hydrogens is 378 g/mol. The number of nitrogens with one attached hydrogen (secondary N) is 2. The zero-order valence-corrected chi connectivity index (χ0v) is 14.3. The lowest BCUT2D eigenvalue weighted by Gasteiger charge is -2.34. The Morgan fingerprint density at radius 3 is 2.38 bits per heavy atom. The van der Waals surface area contributed by atoms with E-state index in [-0.39, 0.29) is 5.13 Å². The van der Waals surface area contributed by atoms with Crippen LogP contribution >= 0.6 is 11.3 Å². The molecule has 2 aromatic rings. The number of carbonyl (C=O) groups is 2. The maximum Gasteiger partial charge on any atom is 0.442 e. The number of hydrogen-bond donors (Lipinski definition) is 2. The highest BCUT2D eigenvalue weighted by Gasteiger charge is 2.64. The topological polar surface area (TPSA) is 80.3 Å². The third kappa shape index (κ3) is 3.77. The van der Waals surface area contributed by atoms with Crippen LogP contribution in [-0.2, 0) is 9.53 Å². The van der Waals surface area contributed by atoms with Crippen molar-refractivity contribution >= 4 is 28.3 Å². The van der Waals surface area contributed by atoms with Crippen molar-refractivity contribution in [1.29, 1.82) is 0 Å². The van der Waals surface area contributed by atoms with Gasteiger partial charge in [0.05, 0.1) is 18.4 Å². The summed E-state index contributed by atoms with van der Waals surface area (Å²) in [6.07, 6.45) is -5.32. The monoisotopic (exact) mass is 391 g/mol. The van der Waals surface area contributed by atoms with Crippen molar-refractivity contribution in [1.82, 2.24) is 10.3 Å². The van der Waals surface area contributed by atoms with Crippen LogP contribution < -0.4 is 10.6 Å². The van der Waals surface area contributed by atoms with Gasteiger partial charge in [-0.25, -0.2) is 14.2 Å². The molecule has 26 heavy (non-hydrogen) atoms. The van der Waals surface area contributed by atoms with E-state index in [4.69, 9.17) is 0 Å². The number of nitrogens with zero attached hydrogens (tertiary/aromatic N) is 1. The Balaban J connectivity index is 2.49. The lowest BCUT2D eigenvalue weighted by Crippen LogP contribution is -2.69. The SMILES string of the molecule is COC(=O)C(NC(=O)c1ccccc1F)(Nc1nc(C)cs1)C(F)(F)F. The molecule has 11 heteroatoms. The predicted octanol–water partition coefficient (Wildman–Crippen LogP) is 2.86. The van der Waals surface area contributed by atoms with Crippen molar-refractivity contribution in [3.8, 4) is 0 Å². The highest BCUT2D eigenvalue weighted by Crippen LogP contribution is 2.34. The molecule has 1 aromatic carbocycles. The van der Waals surface area contributed by atoms with E-state index in [9.17, 15) is 27.2 Å². The van der Waals surface area contributed by atoms with Crippen LogP contribution in [0.15, 0.2) is 29.6 Å². The van der Waals surface area contributed by atoms with Gasteiger partial charge in [-0.15, -0.1) is 11.3 Å². The number of methoxy groups -OCH3 is 1. The summed E-state index contributed by atoms with van der Waals surface area (Å²) in [7, 11) is 0.729. The van der Waals surface area contributed by atoms with E-state index < -0.39 is 35.1 Å². The molecule has 1 heterocycles. The Bertz CT molecular complexity index is 824. The number of thiazole rings is 1. The van der Waals surface area contributed by atoms with Gasteiger partial charge in [0.25, 0.3) is 5.91 Å². The van der Waals surface area contributed by atoms with Crippen molar-refractivity contribution in [3.05, 3.63) is 46.7 Å². The van der Waals surface area contributed by atoms with Gasteiger partial charge in [0.15, 0.2) is 5.13 Å². The minimum atomic E-state index is -5.32. The normalized spacial score (nSPS) is 13.6. The molecule has 0 aliphatic heterocycles. The number of benzene rings is 1. The number of halogens is 4. The molecule has 1 amide bonds. The second kappa shape index (κ2) is 7.28. The number of amides is 1. The number of carbonyl (C=O) groups excluding carboxylic acids is 2. The first-order valence-corrected chi connectivity index (χ1v) is 7.91. The van der Waals surface area contributed by atoms with Crippen LogP contribution in [0.2, 0.25) is 0 Å². The predicted molar refractivity (Wildman–Crippen MR) is 85.1 cm³/mol. The first-order chi connectivity index (χ1) is 12.1. The van der Waals surface area contributed by atoms with Gasteiger partial charge in [0.1, 0.15) is 5.82 Å². The first-order valence-electron chi connectivity index (χ1n) is 7.03. The molecule has 0 bridgehead atoms. The van der Waals surface area contributed by atoms with Crippen LogP contribution in [0.3, 0.4) is 0 Å². The molecule has 0 fully saturated rings. The number of hydrogen-bond acceptors (Lipinski definition) is 6. The lowest BCUT2D eigenvalue weighted by molar-refractivity contribution is -0.203. The fourth-order valence-corrected chi connectivity index (χ4v) is 2.74. The number of esters is 1. The number of aromatic nitrogens is 1. The first kappa shape index (κ1) is 19.6. The summed E-state index contributed by atoms with van der Waals surface area (Å²) in [4.78, 5) is 28.0. The highest BCUT2D eigenvalue weighted by molar-refractivity contribution is 7.13. The van der Waals surface area contributed by atoms with Crippen LogP contribution in [0.5, 0.6) is 0 Å². The Hall–Kier alpha value is -2.69. The van der Waals surface area contributed by atoms with Gasteiger partial charge in [-0.1, -0.05) is 12.1 Å².